The fourth-order valence-electron chi connectivity index (χ4n) is 2.70. The van der Waals surface area contributed by atoms with Crippen LogP contribution in [0.2, 0.25) is 0 Å². The second-order valence-electron chi connectivity index (χ2n) is 6.06. The molecule has 1 heterocycles. The van der Waals surface area contributed by atoms with Gasteiger partial charge in [0.1, 0.15) is 12.6 Å². The van der Waals surface area contributed by atoms with Gasteiger partial charge in [-0.05, 0) is 18.0 Å². The van der Waals surface area contributed by atoms with Gasteiger partial charge in [-0.2, -0.15) is 8.42 Å². The molecule has 12 heteroatoms. The molecular weight excluding hydrogens is 392 g/mol. The van der Waals surface area contributed by atoms with Gasteiger partial charge >= 0.3 is 5.97 Å². The zero-order valence-corrected chi connectivity index (χ0v) is 15.9. The summed E-state index contributed by atoms with van der Waals surface area (Å²) in [5, 5.41) is 3.29. The van der Waals surface area contributed by atoms with Gasteiger partial charge in [-0.15, -0.1) is 0 Å². The molecule has 0 aliphatic carbocycles. The molecule has 0 radical (unpaired) electrons. The summed E-state index contributed by atoms with van der Waals surface area (Å²) in [7, 11) is -3.86. The highest BCUT2D eigenvalue weighted by atomic mass is 32.2. The van der Waals surface area contributed by atoms with Crippen LogP contribution in [0.4, 0.5) is 0 Å². The van der Waals surface area contributed by atoms with E-state index < -0.39 is 52.5 Å². The van der Waals surface area contributed by atoms with Crippen LogP contribution in [0.15, 0.2) is 35.4 Å². The largest absolute Gasteiger partial charge is 0.459 e. The number of rotatable bonds is 9. The van der Waals surface area contributed by atoms with Crippen molar-refractivity contribution in [1.82, 2.24) is 4.90 Å². The standard InChI is InChI=1S/C16H18N4O7S/c1-10(21)14(16(23)26-8-11-6-4-3-5-7-11)20-12(9-27-28(2,24)25)13(15(20)22)18-19-17/h3-7,12-14H,8-9H2,1-2H3/t12-,13+,14?/m1/s1. The average Bonchev–Trinajstić information content (AvgIpc) is 2.63. The number of ketones is 1. The number of hydrogen-bond acceptors (Lipinski definition) is 8. The highest BCUT2D eigenvalue weighted by molar-refractivity contribution is 7.85. The molecule has 0 spiro atoms. The zero-order valence-electron chi connectivity index (χ0n) is 15.1. The first-order chi connectivity index (χ1) is 13.2. The third-order valence-electron chi connectivity index (χ3n) is 3.97. The first-order valence-electron chi connectivity index (χ1n) is 8.07. The van der Waals surface area contributed by atoms with Gasteiger partial charge in [0, 0.05) is 4.91 Å². The maximum Gasteiger partial charge on any atom is 0.337 e. The topological polar surface area (TPSA) is 156 Å². The number of nitrogens with zero attached hydrogens (tertiary/aromatic N) is 4. The molecule has 11 nitrogen and oxygen atoms in total. The van der Waals surface area contributed by atoms with Crippen LogP contribution in [-0.2, 0) is 40.0 Å². The number of carbonyl (C=O) groups is 3. The number of benzene rings is 1. The van der Waals surface area contributed by atoms with Crippen LogP contribution in [-0.4, -0.2) is 62.0 Å². The Balaban J connectivity index is 2.18. The molecule has 150 valence electrons. The van der Waals surface area contributed by atoms with Crippen molar-refractivity contribution in [2.24, 2.45) is 5.11 Å². The van der Waals surface area contributed by atoms with Crippen molar-refractivity contribution >= 4 is 27.8 Å². The number of amides is 1. The molecule has 1 aromatic rings. The smallest absolute Gasteiger partial charge is 0.337 e. The lowest BCUT2D eigenvalue weighted by Gasteiger charge is -2.47. The molecule has 1 fully saturated rings. The fraction of sp³-hybridized carbons (Fsp3) is 0.438. The lowest BCUT2D eigenvalue weighted by molar-refractivity contribution is -0.171. The minimum Gasteiger partial charge on any atom is -0.459 e. The maximum absolute atomic E-state index is 12.4. The molecule has 1 unspecified atom stereocenters. The second kappa shape index (κ2) is 8.83. The molecular formula is C16H18N4O7S. The van der Waals surface area contributed by atoms with E-state index in [1.165, 1.54) is 0 Å². The molecule has 28 heavy (non-hydrogen) atoms. The van der Waals surface area contributed by atoms with E-state index in [0.29, 0.717) is 5.56 Å². The van der Waals surface area contributed by atoms with E-state index in [-0.39, 0.29) is 6.61 Å². The molecule has 1 amide bonds. The number of esters is 1. The average molecular weight is 410 g/mol. The van der Waals surface area contributed by atoms with Crippen LogP contribution < -0.4 is 0 Å². The molecule has 3 atom stereocenters. The highest BCUT2D eigenvalue weighted by Gasteiger charge is 2.54. The van der Waals surface area contributed by atoms with Crippen molar-refractivity contribution in [3.63, 3.8) is 0 Å². The molecule has 2 rings (SSSR count). The highest BCUT2D eigenvalue weighted by Crippen LogP contribution is 2.28. The molecule has 0 saturated carbocycles. The van der Waals surface area contributed by atoms with E-state index in [9.17, 15) is 22.8 Å². The van der Waals surface area contributed by atoms with Crippen molar-refractivity contribution in [2.75, 3.05) is 12.9 Å². The summed E-state index contributed by atoms with van der Waals surface area (Å²) >= 11 is 0. The Morgan fingerprint density at radius 1 is 1.32 bits per heavy atom. The van der Waals surface area contributed by atoms with Crippen LogP contribution in [0.5, 0.6) is 0 Å². The zero-order chi connectivity index (χ0) is 20.9. The molecule has 1 aromatic carbocycles. The number of carbonyl (C=O) groups excluding carboxylic acids is 3. The van der Waals surface area contributed by atoms with Gasteiger partial charge in [0.25, 0.3) is 10.1 Å². The SMILES string of the molecule is CC(=O)C(C(=O)OCc1ccccc1)N1C(=O)[C@@H](N=[N+]=[N-])[C@H]1COS(C)(=O)=O. The third-order valence-corrected chi connectivity index (χ3v) is 4.53. The number of Topliss-reactive ketones (excluding diaryl/α,β-unsaturated/α-hetero) is 1. The monoisotopic (exact) mass is 410 g/mol. The maximum atomic E-state index is 12.4. The van der Waals surface area contributed by atoms with Crippen molar-refractivity contribution in [3.05, 3.63) is 46.3 Å². The van der Waals surface area contributed by atoms with E-state index in [2.05, 4.69) is 14.2 Å². The van der Waals surface area contributed by atoms with Crippen LogP contribution in [0.25, 0.3) is 10.4 Å². The molecule has 0 N–H and O–H groups in total. The summed E-state index contributed by atoms with van der Waals surface area (Å²) in [6.45, 7) is 0.414. The van der Waals surface area contributed by atoms with Crippen LogP contribution >= 0.6 is 0 Å². The van der Waals surface area contributed by atoms with Crippen LogP contribution in [0, 0.1) is 0 Å². The first kappa shape index (κ1) is 21.4. The summed E-state index contributed by atoms with van der Waals surface area (Å²) in [4.78, 5) is 40.2. The molecule has 0 aromatic heterocycles. The van der Waals surface area contributed by atoms with Crippen molar-refractivity contribution < 1.29 is 31.7 Å². The van der Waals surface area contributed by atoms with Gasteiger partial charge in [0.05, 0.1) is 18.9 Å². The van der Waals surface area contributed by atoms with Gasteiger partial charge in [-0.1, -0.05) is 35.4 Å². The summed E-state index contributed by atoms with van der Waals surface area (Å²) in [6, 6.07) is 4.71. The molecule has 1 aliphatic heterocycles. The predicted octanol–water partition coefficient (Wildman–Crippen LogP) is 0.553. The van der Waals surface area contributed by atoms with Gasteiger partial charge in [-0.3, -0.25) is 13.8 Å². The predicted molar refractivity (Wildman–Crippen MR) is 95.1 cm³/mol. The quantitative estimate of drug-likeness (QED) is 0.109. The van der Waals surface area contributed by atoms with E-state index >= 15 is 0 Å². The summed E-state index contributed by atoms with van der Waals surface area (Å²) < 4.78 is 32.3. The van der Waals surface area contributed by atoms with E-state index in [4.69, 9.17) is 10.3 Å². The Morgan fingerprint density at radius 3 is 2.50 bits per heavy atom. The van der Waals surface area contributed by atoms with Gasteiger partial charge in [0.2, 0.25) is 5.91 Å². The number of ether oxygens (including phenoxy) is 1. The minimum absolute atomic E-state index is 0.115. The van der Waals surface area contributed by atoms with Gasteiger partial charge < -0.3 is 9.64 Å². The Hall–Kier alpha value is -2.95. The van der Waals surface area contributed by atoms with Crippen molar-refractivity contribution in [3.8, 4) is 0 Å². The number of azide groups is 1. The fourth-order valence-corrected chi connectivity index (χ4v) is 3.09. The molecule has 1 aliphatic rings. The van der Waals surface area contributed by atoms with Gasteiger partial charge in [-0.25, -0.2) is 4.79 Å². The summed E-state index contributed by atoms with van der Waals surface area (Å²) in [5.74, 6) is -2.46. The molecule has 0 bridgehead atoms. The van der Waals surface area contributed by atoms with Crippen molar-refractivity contribution in [2.45, 2.75) is 31.7 Å². The van der Waals surface area contributed by atoms with Crippen LogP contribution in [0.1, 0.15) is 12.5 Å². The van der Waals surface area contributed by atoms with Crippen molar-refractivity contribution in [1.29, 1.82) is 0 Å². The Morgan fingerprint density at radius 2 is 1.96 bits per heavy atom. The van der Waals surface area contributed by atoms with E-state index in [0.717, 1.165) is 18.1 Å². The lowest BCUT2D eigenvalue weighted by Crippen LogP contribution is -2.71. The Bertz CT molecular complexity index is 912. The third kappa shape index (κ3) is 5.06. The van der Waals surface area contributed by atoms with Crippen LogP contribution in [0.3, 0.4) is 0 Å². The number of likely N-dealkylation sites (tertiary alicyclic amines) is 1. The Labute approximate surface area is 161 Å². The Kier molecular flexibility index (Phi) is 6.73. The first-order valence-corrected chi connectivity index (χ1v) is 9.89. The van der Waals surface area contributed by atoms with Gasteiger partial charge in [0.15, 0.2) is 11.8 Å². The second-order valence-corrected chi connectivity index (χ2v) is 7.70. The normalized spacial score (nSPS) is 19.9. The van der Waals surface area contributed by atoms with E-state index in [1.54, 1.807) is 30.3 Å². The minimum atomic E-state index is -3.86. The lowest BCUT2D eigenvalue weighted by atomic mass is 9.92. The molecule has 1 saturated heterocycles. The summed E-state index contributed by atoms with van der Waals surface area (Å²) in [6.07, 6.45) is 0.803. The van der Waals surface area contributed by atoms with E-state index in [1.807, 2.05) is 0 Å². The number of hydrogen-bond donors (Lipinski definition) is 0. The number of β-lactam (4-membered cyclic amide) rings is 1. The summed E-state index contributed by atoms with van der Waals surface area (Å²) in [5.41, 5.74) is 9.27.